The summed E-state index contributed by atoms with van der Waals surface area (Å²) >= 11 is 6.02. The fourth-order valence-corrected chi connectivity index (χ4v) is 4.70. The fraction of sp³-hybridized carbons (Fsp3) is 0.393. The molecule has 4 aromatic rings. The number of halogens is 1. The minimum Gasteiger partial charge on any atom is -0.493 e. The van der Waals surface area contributed by atoms with Gasteiger partial charge in [-0.15, -0.1) is 0 Å². The maximum absolute atomic E-state index is 12.3. The number of aromatic amines is 1. The second kappa shape index (κ2) is 11.2. The standard InChI is InChI=1S/C28H32ClN7O3/c1-28(2,3)39-27(37)36-11-9-35(10-12-36)17-18-7-8-30-20(13-18)15-24-32-21-6-5-19(14-22(21)33-24)25-23(38-4)16-31-26(29)34-25/h5-8,13-14,16H,9-12,15,17H2,1-4H3,(H,32,33). The van der Waals surface area contributed by atoms with Crippen LogP contribution in [0, 0.1) is 0 Å². The van der Waals surface area contributed by atoms with E-state index in [0.717, 1.165) is 47.7 Å². The summed E-state index contributed by atoms with van der Waals surface area (Å²) in [6.45, 7) is 9.36. The number of amides is 1. The molecule has 10 nitrogen and oxygen atoms in total. The Bertz CT molecular complexity index is 1480. The van der Waals surface area contributed by atoms with Crippen molar-refractivity contribution in [2.75, 3.05) is 33.3 Å². The van der Waals surface area contributed by atoms with Gasteiger partial charge in [-0.1, -0.05) is 6.07 Å². The van der Waals surface area contributed by atoms with Crippen molar-refractivity contribution in [3.05, 3.63) is 65.1 Å². The van der Waals surface area contributed by atoms with Crippen molar-refractivity contribution in [1.29, 1.82) is 0 Å². The van der Waals surface area contributed by atoms with Gasteiger partial charge in [0.1, 0.15) is 17.1 Å². The van der Waals surface area contributed by atoms with Crippen molar-refractivity contribution in [3.63, 3.8) is 0 Å². The van der Waals surface area contributed by atoms with Crippen LogP contribution >= 0.6 is 11.6 Å². The van der Waals surface area contributed by atoms with Crippen LogP contribution in [0.5, 0.6) is 5.75 Å². The van der Waals surface area contributed by atoms with E-state index in [1.54, 1.807) is 18.2 Å². The molecule has 39 heavy (non-hydrogen) atoms. The molecule has 1 N–H and O–H groups in total. The van der Waals surface area contributed by atoms with Crippen LogP contribution in [0.15, 0.2) is 42.7 Å². The van der Waals surface area contributed by atoms with E-state index in [0.29, 0.717) is 31.0 Å². The number of benzene rings is 1. The number of imidazole rings is 1. The van der Waals surface area contributed by atoms with E-state index in [2.05, 4.69) is 30.9 Å². The van der Waals surface area contributed by atoms with Gasteiger partial charge in [0, 0.05) is 56.6 Å². The van der Waals surface area contributed by atoms with Gasteiger partial charge in [-0.05, 0) is 62.2 Å². The van der Waals surface area contributed by atoms with Gasteiger partial charge in [-0.2, -0.15) is 0 Å². The summed E-state index contributed by atoms with van der Waals surface area (Å²) < 4.78 is 10.9. The van der Waals surface area contributed by atoms with Crippen molar-refractivity contribution in [2.24, 2.45) is 0 Å². The molecule has 1 aliphatic rings. The van der Waals surface area contributed by atoms with E-state index < -0.39 is 5.60 Å². The number of carbonyl (C=O) groups is 1. The Morgan fingerprint density at radius 2 is 1.87 bits per heavy atom. The Morgan fingerprint density at radius 3 is 2.62 bits per heavy atom. The van der Waals surface area contributed by atoms with E-state index >= 15 is 0 Å². The summed E-state index contributed by atoms with van der Waals surface area (Å²) in [5.41, 5.74) is 4.84. The number of nitrogens with one attached hydrogen (secondary N) is 1. The van der Waals surface area contributed by atoms with Crippen LogP contribution in [0.1, 0.15) is 37.9 Å². The first kappa shape index (κ1) is 26.8. The molecule has 11 heteroatoms. The molecule has 3 aromatic heterocycles. The van der Waals surface area contributed by atoms with Crippen LogP contribution in [-0.4, -0.2) is 79.7 Å². The first-order valence-corrected chi connectivity index (χ1v) is 13.2. The molecule has 0 spiro atoms. The predicted octanol–water partition coefficient (Wildman–Crippen LogP) is 4.72. The van der Waals surface area contributed by atoms with E-state index in [1.807, 2.05) is 51.2 Å². The van der Waals surface area contributed by atoms with Gasteiger partial charge in [0.2, 0.25) is 5.28 Å². The summed E-state index contributed by atoms with van der Waals surface area (Å²) in [6.07, 6.45) is 3.74. The minimum atomic E-state index is -0.484. The van der Waals surface area contributed by atoms with Crippen molar-refractivity contribution in [1.82, 2.24) is 34.7 Å². The second-order valence-corrected chi connectivity index (χ2v) is 10.9. The van der Waals surface area contributed by atoms with Crippen LogP contribution < -0.4 is 4.74 Å². The maximum Gasteiger partial charge on any atom is 0.410 e. The quantitative estimate of drug-likeness (QED) is 0.344. The Kier molecular flexibility index (Phi) is 7.67. The fourth-order valence-electron chi connectivity index (χ4n) is 4.57. The van der Waals surface area contributed by atoms with Gasteiger partial charge < -0.3 is 19.4 Å². The third-order valence-corrected chi connectivity index (χ3v) is 6.59. The summed E-state index contributed by atoms with van der Waals surface area (Å²) in [7, 11) is 1.58. The Morgan fingerprint density at radius 1 is 1.08 bits per heavy atom. The lowest BCUT2D eigenvalue weighted by Gasteiger charge is -2.35. The number of methoxy groups -OCH3 is 1. The molecule has 0 bridgehead atoms. The highest BCUT2D eigenvalue weighted by Crippen LogP contribution is 2.30. The molecule has 5 rings (SSSR count). The number of aromatic nitrogens is 5. The summed E-state index contributed by atoms with van der Waals surface area (Å²) in [4.78, 5) is 37.5. The molecule has 1 aromatic carbocycles. The molecule has 1 saturated heterocycles. The van der Waals surface area contributed by atoms with E-state index in [1.165, 1.54) is 5.56 Å². The third kappa shape index (κ3) is 6.63. The van der Waals surface area contributed by atoms with Crippen molar-refractivity contribution in [3.8, 4) is 17.0 Å². The Hall–Kier alpha value is -3.76. The monoisotopic (exact) mass is 549 g/mol. The lowest BCUT2D eigenvalue weighted by atomic mass is 10.1. The zero-order valence-corrected chi connectivity index (χ0v) is 23.3. The normalized spacial score (nSPS) is 14.5. The summed E-state index contributed by atoms with van der Waals surface area (Å²) in [5, 5.41) is 0.159. The topological polar surface area (TPSA) is 109 Å². The largest absolute Gasteiger partial charge is 0.493 e. The molecule has 0 radical (unpaired) electrons. The van der Waals surface area contributed by atoms with E-state index in [4.69, 9.17) is 26.1 Å². The highest BCUT2D eigenvalue weighted by atomic mass is 35.5. The number of rotatable bonds is 6. The van der Waals surface area contributed by atoms with Crippen molar-refractivity contribution in [2.45, 2.75) is 39.3 Å². The van der Waals surface area contributed by atoms with Crippen LogP contribution in [-0.2, 0) is 17.7 Å². The van der Waals surface area contributed by atoms with Crippen LogP contribution in [0.25, 0.3) is 22.3 Å². The number of fused-ring (bicyclic) bond motifs is 1. The summed E-state index contributed by atoms with van der Waals surface area (Å²) in [5.74, 6) is 1.37. The van der Waals surface area contributed by atoms with Gasteiger partial charge in [0.25, 0.3) is 0 Å². The highest BCUT2D eigenvalue weighted by Gasteiger charge is 2.26. The smallest absolute Gasteiger partial charge is 0.410 e. The van der Waals surface area contributed by atoms with Crippen LogP contribution in [0.3, 0.4) is 0 Å². The Labute approximate surface area is 232 Å². The number of carbonyl (C=O) groups excluding carboxylic acids is 1. The molecule has 0 atom stereocenters. The summed E-state index contributed by atoms with van der Waals surface area (Å²) in [6, 6.07) is 10.0. The van der Waals surface area contributed by atoms with Crippen LogP contribution in [0.2, 0.25) is 5.28 Å². The van der Waals surface area contributed by atoms with Gasteiger partial charge in [0.05, 0.1) is 24.3 Å². The van der Waals surface area contributed by atoms with Crippen molar-refractivity contribution < 1.29 is 14.3 Å². The average Bonchev–Trinajstić information content (AvgIpc) is 3.29. The van der Waals surface area contributed by atoms with Gasteiger partial charge in [0.15, 0.2) is 5.75 Å². The molecule has 1 aliphatic heterocycles. The average molecular weight is 550 g/mol. The molecule has 4 heterocycles. The molecule has 1 fully saturated rings. The molecule has 0 unspecified atom stereocenters. The van der Waals surface area contributed by atoms with Gasteiger partial charge in [-0.25, -0.2) is 19.7 Å². The molecule has 204 valence electrons. The maximum atomic E-state index is 12.3. The second-order valence-electron chi connectivity index (χ2n) is 10.5. The van der Waals surface area contributed by atoms with E-state index in [-0.39, 0.29) is 11.4 Å². The first-order chi connectivity index (χ1) is 18.7. The number of hydrogen-bond donors (Lipinski definition) is 1. The number of hydrogen-bond acceptors (Lipinski definition) is 8. The number of pyridine rings is 1. The molecule has 0 saturated carbocycles. The first-order valence-electron chi connectivity index (χ1n) is 12.9. The molecule has 0 aliphatic carbocycles. The lowest BCUT2D eigenvalue weighted by Crippen LogP contribution is -2.49. The highest BCUT2D eigenvalue weighted by molar-refractivity contribution is 6.28. The van der Waals surface area contributed by atoms with Crippen molar-refractivity contribution >= 4 is 28.7 Å². The van der Waals surface area contributed by atoms with Crippen LogP contribution in [0.4, 0.5) is 4.79 Å². The number of ether oxygens (including phenoxy) is 2. The SMILES string of the molecule is COc1cnc(Cl)nc1-c1ccc2nc(Cc3cc(CN4CCN(C(=O)OC(C)(C)C)CC4)ccn3)[nH]c2c1. The lowest BCUT2D eigenvalue weighted by molar-refractivity contribution is 0.0139. The number of nitrogens with zero attached hydrogens (tertiary/aromatic N) is 6. The number of piperazine rings is 1. The Balaban J connectivity index is 1.23. The number of H-pyrrole nitrogens is 1. The molecule has 1 amide bonds. The van der Waals surface area contributed by atoms with Gasteiger partial charge in [-0.3, -0.25) is 9.88 Å². The zero-order chi connectivity index (χ0) is 27.6. The van der Waals surface area contributed by atoms with Gasteiger partial charge >= 0.3 is 6.09 Å². The minimum absolute atomic E-state index is 0.159. The predicted molar refractivity (Wildman–Crippen MR) is 149 cm³/mol. The third-order valence-electron chi connectivity index (χ3n) is 6.41. The molecular weight excluding hydrogens is 518 g/mol. The van der Waals surface area contributed by atoms with E-state index in [9.17, 15) is 4.79 Å². The molecular formula is C28H32ClN7O3. The zero-order valence-electron chi connectivity index (χ0n) is 22.6.